The molecule has 0 amide bonds. The summed E-state index contributed by atoms with van der Waals surface area (Å²) in [5, 5.41) is 0. The molecule has 0 radical (unpaired) electrons. The van der Waals surface area contributed by atoms with Crippen LogP contribution in [-0.4, -0.2) is 56.7 Å². The summed E-state index contributed by atoms with van der Waals surface area (Å²) >= 11 is 0. The van der Waals surface area contributed by atoms with Gasteiger partial charge in [-0.3, -0.25) is 4.90 Å². The van der Waals surface area contributed by atoms with Crippen molar-refractivity contribution in [3.8, 4) is 0 Å². The predicted molar refractivity (Wildman–Crippen MR) is 65.0 cm³/mol. The van der Waals surface area contributed by atoms with Crippen molar-refractivity contribution < 1.29 is 14.3 Å². The van der Waals surface area contributed by atoms with Crippen LogP contribution >= 0.6 is 0 Å². The molecule has 2 aliphatic rings. The third kappa shape index (κ3) is 2.87. The van der Waals surface area contributed by atoms with E-state index >= 15 is 0 Å². The lowest BCUT2D eigenvalue weighted by molar-refractivity contribution is -0.123. The number of likely N-dealkylation sites (N-methyl/N-ethyl adjacent to an activating group) is 1. The van der Waals surface area contributed by atoms with Gasteiger partial charge in [-0.15, -0.1) is 0 Å². The lowest BCUT2D eigenvalue weighted by Gasteiger charge is -2.38. The van der Waals surface area contributed by atoms with Crippen molar-refractivity contribution in [2.24, 2.45) is 5.41 Å². The molecule has 0 saturated carbocycles. The van der Waals surface area contributed by atoms with E-state index in [1.165, 1.54) is 0 Å². The number of rotatable bonds is 4. The molecular formula is C13H23NO3. The Morgan fingerprint density at radius 3 is 2.59 bits per heavy atom. The maximum atomic E-state index is 11.4. The third-order valence-electron chi connectivity index (χ3n) is 4.21. The molecule has 0 spiro atoms. The molecule has 0 aliphatic carbocycles. The molecule has 4 nitrogen and oxygen atoms in total. The van der Waals surface area contributed by atoms with E-state index in [1.54, 1.807) is 0 Å². The smallest absolute Gasteiger partial charge is 0.127 e. The van der Waals surface area contributed by atoms with Gasteiger partial charge in [0.25, 0.3) is 0 Å². The first-order valence-corrected chi connectivity index (χ1v) is 6.53. The van der Waals surface area contributed by atoms with E-state index in [0.717, 1.165) is 38.7 Å². The SMILES string of the molecule is CC1OCCC1N(C)CC1(C=O)CCOCC1. The first kappa shape index (κ1) is 13.0. The zero-order valence-electron chi connectivity index (χ0n) is 10.9. The second kappa shape index (κ2) is 5.46. The number of ether oxygens (including phenoxy) is 2. The Kier molecular flexibility index (Phi) is 4.17. The fourth-order valence-electron chi connectivity index (χ4n) is 3.00. The molecule has 0 aromatic rings. The molecule has 0 aromatic carbocycles. The summed E-state index contributed by atoms with van der Waals surface area (Å²) in [7, 11) is 2.11. The van der Waals surface area contributed by atoms with Crippen LogP contribution in [0.4, 0.5) is 0 Å². The van der Waals surface area contributed by atoms with E-state index in [4.69, 9.17) is 9.47 Å². The fourth-order valence-corrected chi connectivity index (χ4v) is 3.00. The first-order chi connectivity index (χ1) is 8.17. The molecule has 17 heavy (non-hydrogen) atoms. The molecule has 2 fully saturated rings. The number of carbonyl (C=O) groups is 1. The molecular weight excluding hydrogens is 218 g/mol. The van der Waals surface area contributed by atoms with E-state index < -0.39 is 0 Å². The van der Waals surface area contributed by atoms with Gasteiger partial charge in [0, 0.05) is 37.8 Å². The molecule has 4 heteroatoms. The Hall–Kier alpha value is -0.450. The van der Waals surface area contributed by atoms with Crippen molar-refractivity contribution in [3.05, 3.63) is 0 Å². The Balaban J connectivity index is 1.95. The van der Waals surface area contributed by atoms with Crippen LogP contribution in [0.25, 0.3) is 0 Å². The highest BCUT2D eigenvalue weighted by Gasteiger charge is 2.37. The normalized spacial score (nSPS) is 32.9. The predicted octanol–water partition coefficient (Wildman–Crippen LogP) is 1.09. The molecule has 98 valence electrons. The first-order valence-electron chi connectivity index (χ1n) is 6.53. The zero-order chi connectivity index (χ0) is 12.3. The molecule has 2 saturated heterocycles. The van der Waals surface area contributed by atoms with Crippen LogP contribution in [0.1, 0.15) is 26.2 Å². The van der Waals surface area contributed by atoms with Gasteiger partial charge in [0.1, 0.15) is 6.29 Å². The molecule has 2 heterocycles. The summed E-state index contributed by atoms with van der Waals surface area (Å²) < 4.78 is 10.9. The van der Waals surface area contributed by atoms with Crippen LogP contribution in [0.2, 0.25) is 0 Å². The molecule has 2 unspecified atom stereocenters. The third-order valence-corrected chi connectivity index (χ3v) is 4.21. The van der Waals surface area contributed by atoms with Gasteiger partial charge in [-0.2, -0.15) is 0 Å². The van der Waals surface area contributed by atoms with Crippen molar-refractivity contribution in [2.45, 2.75) is 38.3 Å². The average molecular weight is 241 g/mol. The number of hydrogen-bond acceptors (Lipinski definition) is 4. The van der Waals surface area contributed by atoms with Crippen LogP contribution < -0.4 is 0 Å². The highest BCUT2D eigenvalue weighted by atomic mass is 16.5. The zero-order valence-corrected chi connectivity index (χ0v) is 10.9. The summed E-state index contributed by atoms with van der Waals surface area (Å²) in [6, 6.07) is 0.453. The second-order valence-electron chi connectivity index (χ2n) is 5.44. The molecule has 2 rings (SSSR count). The van der Waals surface area contributed by atoms with E-state index in [2.05, 4.69) is 18.9 Å². The van der Waals surface area contributed by atoms with E-state index in [9.17, 15) is 4.79 Å². The summed E-state index contributed by atoms with van der Waals surface area (Å²) in [4.78, 5) is 13.7. The highest BCUT2D eigenvalue weighted by Crippen LogP contribution is 2.31. The lowest BCUT2D eigenvalue weighted by Crippen LogP contribution is -2.46. The van der Waals surface area contributed by atoms with Crippen molar-refractivity contribution in [1.82, 2.24) is 4.90 Å². The molecule has 0 bridgehead atoms. The van der Waals surface area contributed by atoms with Gasteiger partial charge in [0.2, 0.25) is 0 Å². The number of aldehydes is 1. The van der Waals surface area contributed by atoms with Crippen LogP contribution in [0.5, 0.6) is 0 Å². The van der Waals surface area contributed by atoms with Gasteiger partial charge in [0.15, 0.2) is 0 Å². The number of carbonyl (C=O) groups excluding carboxylic acids is 1. The van der Waals surface area contributed by atoms with Crippen LogP contribution in [-0.2, 0) is 14.3 Å². The van der Waals surface area contributed by atoms with Gasteiger partial charge in [-0.25, -0.2) is 0 Å². The molecule has 2 atom stereocenters. The summed E-state index contributed by atoms with van der Waals surface area (Å²) in [5.41, 5.74) is -0.199. The Labute approximate surface area is 103 Å². The van der Waals surface area contributed by atoms with Crippen LogP contribution in [0, 0.1) is 5.41 Å². The monoisotopic (exact) mass is 241 g/mol. The molecule has 0 N–H and O–H groups in total. The fraction of sp³-hybridized carbons (Fsp3) is 0.923. The van der Waals surface area contributed by atoms with Crippen LogP contribution in [0.15, 0.2) is 0 Å². The van der Waals surface area contributed by atoms with E-state index in [0.29, 0.717) is 19.3 Å². The minimum atomic E-state index is -0.199. The van der Waals surface area contributed by atoms with Crippen LogP contribution in [0.3, 0.4) is 0 Å². The van der Waals surface area contributed by atoms with Gasteiger partial charge >= 0.3 is 0 Å². The minimum Gasteiger partial charge on any atom is -0.381 e. The van der Waals surface area contributed by atoms with Crippen molar-refractivity contribution >= 4 is 6.29 Å². The minimum absolute atomic E-state index is 0.199. The van der Waals surface area contributed by atoms with E-state index in [1.807, 2.05) is 0 Å². The number of nitrogens with zero attached hydrogens (tertiary/aromatic N) is 1. The molecule has 0 aromatic heterocycles. The quantitative estimate of drug-likeness (QED) is 0.691. The van der Waals surface area contributed by atoms with Crippen molar-refractivity contribution in [2.75, 3.05) is 33.4 Å². The maximum absolute atomic E-state index is 11.4. The molecule has 2 aliphatic heterocycles. The maximum Gasteiger partial charge on any atom is 0.127 e. The average Bonchev–Trinajstić information content (AvgIpc) is 2.77. The Morgan fingerprint density at radius 1 is 1.35 bits per heavy atom. The van der Waals surface area contributed by atoms with Gasteiger partial charge in [-0.1, -0.05) is 0 Å². The lowest BCUT2D eigenvalue weighted by atomic mass is 9.81. The van der Waals surface area contributed by atoms with Gasteiger partial charge in [-0.05, 0) is 33.2 Å². The van der Waals surface area contributed by atoms with Gasteiger partial charge in [0.05, 0.1) is 6.10 Å². The van der Waals surface area contributed by atoms with Crippen molar-refractivity contribution in [1.29, 1.82) is 0 Å². The Morgan fingerprint density at radius 2 is 2.06 bits per heavy atom. The summed E-state index contributed by atoms with van der Waals surface area (Å²) in [6.45, 7) is 5.21. The van der Waals surface area contributed by atoms with E-state index in [-0.39, 0.29) is 11.5 Å². The standard InChI is InChI=1S/C13H23NO3/c1-11-12(3-6-17-11)14(2)9-13(10-15)4-7-16-8-5-13/h10-12H,3-9H2,1-2H3. The second-order valence-corrected chi connectivity index (χ2v) is 5.44. The number of hydrogen-bond donors (Lipinski definition) is 0. The largest absolute Gasteiger partial charge is 0.381 e. The van der Waals surface area contributed by atoms with Crippen molar-refractivity contribution in [3.63, 3.8) is 0 Å². The highest BCUT2D eigenvalue weighted by molar-refractivity contribution is 5.60. The topological polar surface area (TPSA) is 38.8 Å². The van der Waals surface area contributed by atoms with Gasteiger partial charge < -0.3 is 14.3 Å². The Bertz CT molecular complexity index is 263. The summed E-state index contributed by atoms with van der Waals surface area (Å²) in [6.07, 6.45) is 4.20. The summed E-state index contributed by atoms with van der Waals surface area (Å²) in [5.74, 6) is 0.